The van der Waals surface area contributed by atoms with E-state index < -0.39 is 13.3 Å². The molecule has 0 bridgehead atoms. The topological polar surface area (TPSA) is 32.8 Å². The molecular weight excluding hydrogens is 476 g/mol. The summed E-state index contributed by atoms with van der Waals surface area (Å²) in [5.41, 5.74) is 6.46. The molecule has 1 aliphatic heterocycles. The molecule has 5 rings (SSSR count). The van der Waals surface area contributed by atoms with Crippen LogP contribution >= 0.6 is 0 Å². The summed E-state index contributed by atoms with van der Waals surface area (Å²) in [6.07, 6.45) is 4.23. The Bertz CT molecular complexity index is 1330. The van der Waals surface area contributed by atoms with E-state index >= 15 is 0 Å². The summed E-state index contributed by atoms with van der Waals surface area (Å²) < 4.78 is 45.2. The molecule has 0 N–H and O–H groups in total. The van der Waals surface area contributed by atoms with Gasteiger partial charge in [0.05, 0.1) is 0 Å². The van der Waals surface area contributed by atoms with E-state index in [0.717, 1.165) is 11.1 Å². The van der Waals surface area contributed by atoms with E-state index in [2.05, 4.69) is 30.2 Å². The van der Waals surface area contributed by atoms with E-state index in [0.29, 0.717) is 43.0 Å². The fourth-order valence-electron chi connectivity index (χ4n) is 5.38. The number of benzene rings is 3. The minimum atomic E-state index is -4.98. The Hall–Kier alpha value is -3.86. The molecule has 0 atom stereocenters. The zero-order valence-corrected chi connectivity index (χ0v) is 20.6. The third-order valence-corrected chi connectivity index (χ3v) is 7.35. The van der Waals surface area contributed by atoms with Gasteiger partial charge in [-0.05, 0) is 46.9 Å². The molecule has 3 aromatic carbocycles. The number of amides is 1. The Kier molecular flexibility index (Phi) is 6.64. The van der Waals surface area contributed by atoms with Crippen molar-refractivity contribution in [3.63, 3.8) is 0 Å². The van der Waals surface area contributed by atoms with E-state index in [9.17, 15) is 17.7 Å². The first kappa shape index (κ1) is 24.8. The van der Waals surface area contributed by atoms with Gasteiger partial charge in [0.25, 0.3) is 0 Å². The van der Waals surface area contributed by atoms with Crippen LogP contribution in [0.4, 0.5) is 23.4 Å². The third-order valence-electron chi connectivity index (χ3n) is 7.35. The minimum absolute atomic E-state index is 0.0129. The van der Waals surface area contributed by atoms with Gasteiger partial charge in [-0.1, -0.05) is 66.3 Å². The molecule has 1 fully saturated rings. The van der Waals surface area contributed by atoms with Crippen LogP contribution in [0.25, 0.3) is 11.1 Å². The Morgan fingerprint density at radius 3 is 2.16 bits per heavy atom. The van der Waals surface area contributed by atoms with E-state index in [1.54, 1.807) is 24.0 Å². The molecule has 0 spiro atoms. The Morgan fingerprint density at radius 1 is 1.00 bits per heavy atom. The minimum Gasteiger partial charge on any atom is -0.449 e. The molecule has 1 aliphatic carbocycles. The van der Waals surface area contributed by atoms with Gasteiger partial charge in [0.2, 0.25) is 0 Å². The number of anilines is 1. The van der Waals surface area contributed by atoms with Gasteiger partial charge in [-0.15, -0.1) is 6.42 Å². The Labute approximate surface area is 215 Å². The third kappa shape index (κ3) is 5.04. The number of piperazine rings is 1. The quantitative estimate of drug-likeness (QED) is 0.318. The van der Waals surface area contributed by atoms with Gasteiger partial charge >= 0.3 is 13.1 Å². The second kappa shape index (κ2) is 9.89. The molecule has 0 unspecified atom stereocenters. The molecule has 2 aliphatic rings. The first-order valence-corrected chi connectivity index (χ1v) is 12.4. The Balaban J connectivity index is 1.23. The van der Waals surface area contributed by atoms with Crippen LogP contribution < -0.4 is 4.90 Å². The largest absolute Gasteiger partial charge is 0.482 e. The summed E-state index contributed by atoms with van der Waals surface area (Å²) in [6, 6.07) is 19.7. The number of rotatable bonds is 5. The van der Waals surface area contributed by atoms with Gasteiger partial charge < -0.3 is 27.5 Å². The summed E-state index contributed by atoms with van der Waals surface area (Å²) in [7, 11) is 0. The number of hydrogen-bond donors (Lipinski definition) is 0. The molecule has 1 heterocycles. The number of carbonyl (C=O) groups is 1. The lowest BCUT2D eigenvalue weighted by molar-refractivity contribution is 0.0977. The van der Waals surface area contributed by atoms with Gasteiger partial charge in [-0.3, -0.25) is 0 Å². The molecule has 1 amide bonds. The molecule has 1 saturated heterocycles. The number of terminal acetylenes is 1. The summed E-state index contributed by atoms with van der Waals surface area (Å²) in [5.74, 6) is 2.50. The average Bonchev–Trinajstić information content (AvgIpc) is 3.21. The number of nitrogens with zero attached hydrogens (tertiary/aromatic N) is 2. The summed E-state index contributed by atoms with van der Waals surface area (Å²) in [4.78, 5) is 16.5. The van der Waals surface area contributed by atoms with E-state index in [-0.39, 0.29) is 24.2 Å². The first-order valence-electron chi connectivity index (χ1n) is 12.4. The number of fused-ring (bicyclic) bond motifs is 3. The van der Waals surface area contributed by atoms with Gasteiger partial charge in [0.1, 0.15) is 6.61 Å². The zero-order chi connectivity index (χ0) is 26.2. The summed E-state index contributed by atoms with van der Waals surface area (Å²) in [5, 5.41) is 0. The molecular formula is C29H27BF3N2O2-. The van der Waals surface area contributed by atoms with Crippen molar-refractivity contribution >= 4 is 18.8 Å². The van der Waals surface area contributed by atoms with Crippen molar-refractivity contribution in [1.29, 1.82) is 0 Å². The predicted molar refractivity (Wildman–Crippen MR) is 141 cm³/mol. The molecule has 3 aromatic rings. The maximum absolute atomic E-state index is 13.2. The lowest BCUT2D eigenvalue weighted by Crippen LogP contribution is -2.49. The second-order valence-corrected chi connectivity index (χ2v) is 9.61. The van der Waals surface area contributed by atoms with Crippen LogP contribution in [0, 0.1) is 19.3 Å². The van der Waals surface area contributed by atoms with E-state index in [1.165, 1.54) is 11.1 Å². The molecule has 190 valence electrons. The summed E-state index contributed by atoms with van der Waals surface area (Å²) >= 11 is 0. The van der Waals surface area contributed by atoms with Crippen LogP contribution in [0.2, 0.25) is 0 Å². The van der Waals surface area contributed by atoms with Crippen LogP contribution in [-0.2, 0) is 11.1 Å². The van der Waals surface area contributed by atoms with Gasteiger partial charge in [0, 0.05) is 43.3 Å². The first-order chi connectivity index (χ1) is 17.7. The molecule has 0 saturated carbocycles. The lowest BCUT2D eigenvalue weighted by atomic mass is 9.79. The van der Waals surface area contributed by atoms with Crippen LogP contribution in [0.5, 0.6) is 0 Å². The van der Waals surface area contributed by atoms with Crippen LogP contribution in [0.1, 0.15) is 33.7 Å². The highest BCUT2D eigenvalue weighted by Crippen LogP contribution is 2.44. The van der Waals surface area contributed by atoms with Crippen molar-refractivity contribution < 1.29 is 22.5 Å². The smallest absolute Gasteiger partial charge is 0.449 e. The number of halogens is 3. The standard InChI is InChI=1S/C29H27BF3N2O2/c1-3-21-16-23(17-22(20(21)2)18-30(31,32)33)34-12-14-35(15-13-34)29(36)37-19-28-26-10-6-4-8-24(26)25-9-5-7-11-27(25)28/h1,4-11,16-17,28H,12-15,18-19H2,2H3/q-1. The fraction of sp³-hybridized carbons (Fsp3) is 0.276. The van der Waals surface area contributed by atoms with Crippen LogP contribution in [0.3, 0.4) is 0 Å². The molecule has 37 heavy (non-hydrogen) atoms. The molecule has 0 radical (unpaired) electrons. The van der Waals surface area contributed by atoms with Crippen molar-refractivity contribution in [3.05, 3.63) is 88.5 Å². The SMILES string of the molecule is C#Cc1cc(N2CCN(C(=O)OCC3c4ccccc4-c4ccccc43)CC2)cc(C[B-](F)(F)F)c1C. The molecule has 8 heteroatoms. The van der Waals surface area contributed by atoms with Crippen molar-refractivity contribution in [1.82, 2.24) is 4.90 Å². The lowest BCUT2D eigenvalue weighted by Gasteiger charge is -2.36. The van der Waals surface area contributed by atoms with Gasteiger partial charge in [0.15, 0.2) is 0 Å². The number of hydrogen-bond acceptors (Lipinski definition) is 3. The fourth-order valence-corrected chi connectivity index (χ4v) is 5.38. The van der Waals surface area contributed by atoms with Crippen LogP contribution in [0.15, 0.2) is 60.7 Å². The van der Waals surface area contributed by atoms with Crippen LogP contribution in [-0.4, -0.2) is 50.8 Å². The van der Waals surface area contributed by atoms with Crippen molar-refractivity contribution in [3.8, 4) is 23.5 Å². The molecule has 4 nitrogen and oxygen atoms in total. The predicted octanol–water partition coefficient (Wildman–Crippen LogP) is 5.98. The van der Waals surface area contributed by atoms with E-state index in [4.69, 9.17) is 11.2 Å². The normalized spacial score (nSPS) is 15.2. The highest BCUT2D eigenvalue weighted by atomic mass is 19.4. The molecule has 0 aromatic heterocycles. The summed E-state index contributed by atoms with van der Waals surface area (Å²) in [6.45, 7) is -1.32. The monoisotopic (exact) mass is 503 g/mol. The Morgan fingerprint density at radius 2 is 1.59 bits per heavy atom. The van der Waals surface area contributed by atoms with Crippen molar-refractivity contribution in [2.24, 2.45) is 0 Å². The van der Waals surface area contributed by atoms with Gasteiger partial charge in [-0.25, -0.2) is 4.79 Å². The number of ether oxygens (including phenoxy) is 1. The van der Waals surface area contributed by atoms with Crippen molar-refractivity contribution in [2.75, 3.05) is 37.7 Å². The average molecular weight is 503 g/mol. The number of carbonyl (C=O) groups excluding carboxylic acids is 1. The zero-order valence-electron chi connectivity index (χ0n) is 20.6. The highest BCUT2D eigenvalue weighted by Gasteiger charge is 2.31. The maximum Gasteiger partial charge on any atom is 0.482 e. The highest BCUT2D eigenvalue weighted by molar-refractivity contribution is 6.57. The van der Waals surface area contributed by atoms with E-state index in [1.807, 2.05) is 29.2 Å². The second-order valence-electron chi connectivity index (χ2n) is 9.61. The van der Waals surface area contributed by atoms with Gasteiger partial charge in [-0.2, -0.15) is 0 Å². The maximum atomic E-state index is 13.2. The van der Waals surface area contributed by atoms with Crippen molar-refractivity contribution in [2.45, 2.75) is 19.2 Å².